The molecule has 3 heteroatoms. The van der Waals surface area contributed by atoms with Crippen LogP contribution in [-0.4, -0.2) is 0 Å². The Balaban J connectivity index is 0.000000241. The van der Waals surface area contributed by atoms with E-state index in [0.29, 0.717) is 0 Å². The first-order chi connectivity index (χ1) is 16.8. The second-order valence-corrected chi connectivity index (χ2v) is 8.78. The molecule has 180 valence electrons. The van der Waals surface area contributed by atoms with Gasteiger partial charge >= 0.3 is 0 Å². The van der Waals surface area contributed by atoms with Crippen LogP contribution in [0.5, 0.6) is 0 Å². The van der Waals surface area contributed by atoms with E-state index in [0.717, 1.165) is 12.8 Å². The molecule has 0 bridgehead atoms. The Morgan fingerprint density at radius 3 is 1.19 bits per heavy atom. The van der Waals surface area contributed by atoms with Crippen molar-refractivity contribution in [2.75, 3.05) is 0 Å². The molecule has 0 nitrogen and oxygen atoms in total. The van der Waals surface area contributed by atoms with Gasteiger partial charge in [-0.3, -0.25) is 0 Å². The van der Waals surface area contributed by atoms with Crippen LogP contribution in [0.3, 0.4) is 0 Å². The van der Waals surface area contributed by atoms with Gasteiger partial charge in [0.1, 0.15) is 0 Å². The molecule has 0 saturated heterocycles. The van der Waals surface area contributed by atoms with Gasteiger partial charge in [0, 0.05) is 78.6 Å². The van der Waals surface area contributed by atoms with Gasteiger partial charge in [-0.25, -0.2) is 0 Å². The van der Waals surface area contributed by atoms with Crippen molar-refractivity contribution in [1.29, 1.82) is 0 Å². The standard InChI is InChI=1S/2C17H15.3Zr/c2*1-2-13-11-15-9-6-10-16(17(15)12-13)14-7-4-3-5-8-14;;;/h2*3-12H,2H2,1H3;;;/q2*-1;;;. The quantitative estimate of drug-likeness (QED) is 0.160. The molecular weight excluding hydrogens is 682 g/mol. The van der Waals surface area contributed by atoms with Gasteiger partial charge in [-0.15, -0.1) is 69.1 Å². The topological polar surface area (TPSA) is 0 Å². The fourth-order valence-electron chi connectivity index (χ4n) is 4.74. The van der Waals surface area contributed by atoms with Crippen LogP contribution in [0.15, 0.2) is 121 Å². The Morgan fingerprint density at radius 1 is 0.459 bits per heavy atom. The molecule has 0 aliphatic heterocycles. The summed E-state index contributed by atoms with van der Waals surface area (Å²) in [6.45, 7) is 4.41. The number of benzene rings is 4. The van der Waals surface area contributed by atoms with Gasteiger partial charge in [0.15, 0.2) is 0 Å². The van der Waals surface area contributed by atoms with Gasteiger partial charge in [-0.1, -0.05) is 97.8 Å². The van der Waals surface area contributed by atoms with Gasteiger partial charge in [0.25, 0.3) is 0 Å². The Kier molecular flexibility index (Phi) is 13.3. The van der Waals surface area contributed by atoms with Crippen LogP contribution in [0.4, 0.5) is 0 Å². The van der Waals surface area contributed by atoms with E-state index in [1.54, 1.807) is 0 Å². The van der Waals surface area contributed by atoms with Crippen LogP contribution in [-0.2, 0) is 91.5 Å². The number of hydrogen-bond donors (Lipinski definition) is 0. The molecule has 0 amide bonds. The Hall–Kier alpha value is -1.25. The molecule has 0 unspecified atom stereocenters. The van der Waals surface area contributed by atoms with Crippen LogP contribution in [0, 0.1) is 0 Å². The van der Waals surface area contributed by atoms with E-state index in [4.69, 9.17) is 0 Å². The molecule has 0 N–H and O–H groups in total. The molecule has 0 aliphatic carbocycles. The molecule has 37 heavy (non-hydrogen) atoms. The summed E-state index contributed by atoms with van der Waals surface area (Å²) in [6, 6.07) is 43.5. The zero-order valence-corrected chi connectivity index (χ0v) is 28.8. The van der Waals surface area contributed by atoms with Crippen LogP contribution in [0.2, 0.25) is 0 Å². The Labute approximate surface area is 278 Å². The molecule has 6 aromatic carbocycles. The fraction of sp³-hybridized carbons (Fsp3) is 0.118. The van der Waals surface area contributed by atoms with Crippen LogP contribution in [0.25, 0.3) is 43.8 Å². The van der Waals surface area contributed by atoms with E-state index < -0.39 is 0 Å². The summed E-state index contributed by atoms with van der Waals surface area (Å²) in [6.07, 6.45) is 2.20. The maximum Gasteiger partial charge on any atom is 0 e. The van der Waals surface area contributed by atoms with Gasteiger partial charge in [-0.05, 0) is 24.0 Å². The predicted octanol–water partition coefficient (Wildman–Crippen LogP) is 9.57. The number of rotatable bonds is 4. The van der Waals surface area contributed by atoms with Crippen molar-refractivity contribution in [2.45, 2.75) is 26.7 Å². The summed E-state index contributed by atoms with van der Waals surface area (Å²) < 4.78 is 0. The summed E-state index contributed by atoms with van der Waals surface area (Å²) in [7, 11) is 0. The van der Waals surface area contributed by atoms with E-state index in [-0.39, 0.29) is 78.6 Å². The molecule has 0 atom stereocenters. The Morgan fingerprint density at radius 2 is 0.838 bits per heavy atom. The first-order valence-corrected chi connectivity index (χ1v) is 12.2. The average molecular weight is 712 g/mol. The molecular formula is C34H30Zr3-2. The predicted molar refractivity (Wildman–Crippen MR) is 149 cm³/mol. The van der Waals surface area contributed by atoms with E-state index in [9.17, 15) is 0 Å². The minimum atomic E-state index is 0. The van der Waals surface area contributed by atoms with Crippen LogP contribution < -0.4 is 0 Å². The zero-order chi connectivity index (χ0) is 23.3. The number of hydrogen-bond acceptors (Lipinski definition) is 0. The van der Waals surface area contributed by atoms with Crippen molar-refractivity contribution in [2.24, 2.45) is 0 Å². The van der Waals surface area contributed by atoms with Crippen LogP contribution in [0.1, 0.15) is 25.0 Å². The van der Waals surface area contributed by atoms with Gasteiger partial charge in [0.05, 0.1) is 0 Å². The smallest absolute Gasteiger partial charge is 0 e. The second kappa shape index (κ2) is 15.4. The van der Waals surface area contributed by atoms with Gasteiger partial charge in [0.2, 0.25) is 0 Å². The molecule has 6 aromatic rings. The molecule has 6 rings (SSSR count). The largest absolute Gasteiger partial charge is 0.164 e. The molecule has 0 spiro atoms. The SMILES string of the molecule is CCc1cc2c(-c3ccccc3)cccc2[cH-]1.CCc1cc2c(-c3ccccc3)cccc2[cH-]1.[Zr].[Zr].[Zr]. The van der Waals surface area contributed by atoms with Crippen molar-refractivity contribution in [3.05, 3.63) is 132 Å². The normalized spacial score (nSPS) is 10.0. The first kappa shape index (κ1) is 32.0. The Bertz CT molecular complexity index is 1390. The molecule has 0 fully saturated rings. The van der Waals surface area contributed by atoms with E-state index in [1.165, 1.54) is 54.9 Å². The van der Waals surface area contributed by atoms with E-state index >= 15 is 0 Å². The molecule has 0 aliphatic rings. The molecule has 0 saturated carbocycles. The average Bonchev–Trinajstić information content (AvgIpc) is 3.53. The molecule has 0 heterocycles. The van der Waals surface area contributed by atoms with Crippen LogP contribution >= 0.6 is 0 Å². The van der Waals surface area contributed by atoms with E-state index in [1.807, 2.05) is 0 Å². The van der Waals surface area contributed by atoms with Crippen molar-refractivity contribution in [3.63, 3.8) is 0 Å². The summed E-state index contributed by atoms with van der Waals surface area (Å²) in [5, 5.41) is 5.44. The third-order valence-electron chi connectivity index (χ3n) is 6.61. The minimum Gasteiger partial charge on any atom is -0.164 e. The monoisotopic (exact) mass is 708 g/mol. The molecule has 0 aromatic heterocycles. The van der Waals surface area contributed by atoms with Crippen molar-refractivity contribution in [3.8, 4) is 22.3 Å². The maximum absolute atomic E-state index is 2.32. The van der Waals surface area contributed by atoms with E-state index in [2.05, 4.69) is 135 Å². The summed E-state index contributed by atoms with van der Waals surface area (Å²) in [5.74, 6) is 0. The molecule has 0 radical (unpaired) electrons. The minimum absolute atomic E-state index is 0. The summed E-state index contributed by atoms with van der Waals surface area (Å²) >= 11 is 0. The third-order valence-corrected chi connectivity index (χ3v) is 6.61. The van der Waals surface area contributed by atoms with Crippen molar-refractivity contribution < 1.29 is 78.6 Å². The third kappa shape index (κ3) is 7.45. The van der Waals surface area contributed by atoms with Crippen molar-refractivity contribution >= 4 is 21.5 Å². The van der Waals surface area contributed by atoms with Crippen molar-refractivity contribution in [1.82, 2.24) is 0 Å². The van der Waals surface area contributed by atoms with Gasteiger partial charge < -0.3 is 0 Å². The fourth-order valence-corrected chi connectivity index (χ4v) is 4.74. The van der Waals surface area contributed by atoms with Gasteiger partial charge in [-0.2, -0.15) is 12.1 Å². The zero-order valence-electron chi connectivity index (χ0n) is 21.5. The first-order valence-electron chi connectivity index (χ1n) is 12.2. The number of fused-ring (bicyclic) bond motifs is 2. The maximum atomic E-state index is 2.32. The summed E-state index contributed by atoms with van der Waals surface area (Å²) in [5.41, 5.74) is 8.11. The summed E-state index contributed by atoms with van der Waals surface area (Å²) in [4.78, 5) is 0. The second-order valence-electron chi connectivity index (χ2n) is 8.78. The number of aryl methyl sites for hydroxylation is 2.